The van der Waals surface area contributed by atoms with Crippen molar-refractivity contribution in [3.05, 3.63) is 28.1 Å². The van der Waals surface area contributed by atoms with Gasteiger partial charge in [0.25, 0.3) is 5.91 Å². The number of rotatable bonds is 5. The summed E-state index contributed by atoms with van der Waals surface area (Å²) in [6.07, 6.45) is 0. The largest absolute Gasteiger partial charge is 0.480 e. The molecule has 0 saturated heterocycles. The third-order valence-corrected chi connectivity index (χ3v) is 4.90. The molecule has 7 heteroatoms. The average molecular weight is 310 g/mol. The lowest BCUT2D eigenvalue weighted by Crippen LogP contribution is -2.35. The number of likely N-dealkylation sites (N-methyl/N-ethyl adjacent to an activating group) is 1. The van der Waals surface area contributed by atoms with Gasteiger partial charge in [-0.25, -0.2) is 4.98 Å². The van der Waals surface area contributed by atoms with Gasteiger partial charge >= 0.3 is 5.97 Å². The minimum absolute atomic E-state index is 0.271. The van der Waals surface area contributed by atoms with Crippen LogP contribution in [-0.2, 0) is 4.79 Å². The van der Waals surface area contributed by atoms with Crippen LogP contribution in [0.4, 0.5) is 0 Å². The average Bonchev–Trinajstić information content (AvgIpc) is 3.03. The molecule has 20 heavy (non-hydrogen) atoms. The number of thiophene rings is 1. The zero-order valence-corrected chi connectivity index (χ0v) is 12.8. The Morgan fingerprint density at radius 1 is 1.45 bits per heavy atom. The third-order valence-electron chi connectivity index (χ3n) is 2.72. The van der Waals surface area contributed by atoms with Crippen LogP contribution in [0.15, 0.2) is 17.5 Å². The van der Waals surface area contributed by atoms with Crippen molar-refractivity contribution in [2.45, 2.75) is 13.8 Å². The summed E-state index contributed by atoms with van der Waals surface area (Å²) in [5.41, 5.74) is 0.646. The molecule has 2 aromatic heterocycles. The normalized spacial score (nSPS) is 10.5. The number of nitrogens with zero attached hydrogens (tertiary/aromatic N) is 2. The van der Waals surface area contributed by atoms with Crippen LogP contribution in [-0.4, -0.2) is 40.0 Å². The van der Waals surface area contributed by atoms with Crippen LogP contribution < -0.4 is 0 Å². The summed E-state index contributed by atoms with van der Waals surface area (Å²) in [5, 5.41) is 11.6. The zero-order valence-electron chi connectivity index (χ0n) is 11.1. The maximum absolute atomic E-state index is 12.4. The van der Waals surface area contributed by atoms with Crippen LogP contribution in [0.5, 0.6) is 0 Å². The van der Waals surface area contributed by atoms with Crippen LogP contribution in [0.1, 0.15) is 22.3 Å². The summed E-state index contributed by atoms with van der Waals surface area (Å²) in [7, 11) is 0. The van der Waals surface area contributed by atoms with Crippen LogP contribution in [0.2, 0.25) is 0 Å². The number of aryl methyl sites for hydroxylation is 1. The number of carboxylic acids is 1. The topological polar surface area (TPSA) is 70.5 Å². The Labute approximate surface area is 124 Å². The summed E-state index contributed by atoms with van der Waals surface area (Å²) < 4.78 is 0. The quantitative estimate of drug-likeness (QED) is 0.922. The fraction of sp³-hybridized carbons (Fsp3) is 0.308. The van der Waals surface area contributed by atoms with Crippen molar-refractivity contribution in [2.75, 3.05) is 13.1 Å². The Hall–Kier alpha value is -1.73. The van der Waals surface area contributed by atoms with Crippen molar-refractivity contribution < 1.29 is 14.7 Å². The van der Waals surface area contributed by atoms with Gasteiger partial charge in [-0.05, 0) is 25.3 Å². The number of aliphatic carboxylic acids is 1. The predicted octanol–water partition coefficient (Wildman–Crippen LogP) is 2.73. The first-order valence-corrected chi connectivity index (χ1v) is 7.75. The van der Waals surface area contributed by atoms with E-state index in [1.54, 1.807) is 25.2 Å². The van der Waals surface area contributed by atoms with Crippen molar-refractivity contribution in [3.8, 4) is 9.88 Å². The molecule has 2 heterocycles. The Morgan fingerprint density at radius 3 is 2.75 bits per heavy atom. The summed E-state index contributed by atoms with van der Waals surface area (Å²) >= 11 is 2.87. The number of hydrogen-bond acceptors (Lipinski definition) is 5. The van der Waals surface area contributed by atoms with Crippen molar-refractivity contribution in [1.29, 1.82) is 0 Å². The Kier molecular flexibility index (Phi) is 4.51. The van der Waals surface area contributed by atoms with Crippen molar-refractivity contribution in [1.82, 2.24) is 9.88 Å². The predicted molar refractivity (Wildman–Crippen MR) is 79.4 cm³/mol. The van der Waals surface area contributed by atoms with E-state index in [1.165, 1.54) is 16.2 Å². The van der Waals surface area contributed by atoms with Gasteiger partial charge in [0.2, 0.25) is 0 Å². The SMILES string of the molecule is CCN(CC(=O)O)C(=O)c1sc(-c2cccs2)nc1C. The number of hydrogen-bond donors (Lipinski definition) is 1. The lowest BCUT2D eigenvalue weighted by molar-refractivity contribution is -0.137. The molecule has 1 N–H and O–H groups in total. The highest BCUT2D eigenvalue weighted by Crippen LogP contribution is 2.31. The molecule has 0 aliphatic carbocycles. The first-order chi connectivity index (χ1) is 9.52. The van der Waals surface area contributed by atoms with Gasteiger partial charge in [0, 0.05) is 6.54 Å². The number of carboxylic acid groups (broad SMARTS) is 1. The van der Waals surface area contributed by atoms with Crippen molar-refractivity contribution in [3.63, 3.8) is 0 Å². The molecule has 0 radical (unpaired) electrons. The summed E-state index contributed by atoms with van der Waals surface area (Å²) in [6.45, 7) is 3.60. The third kappa shape index (κ3) is 3.05. The summed E-state index contributed by atoms with van der Waals surface area (Å²) in [4.78, 5) is 30.4. The van der Waals surface area contributed by atoms with E-state index < -0.39 is 5.97 Å². The summed E-state index contributed by atoms with van der Waals surface area (Å²) in [5.74, 6) is -1.28. The number of carbonyl (C=O) groups excluding carboxylic acids is 1. The van der Waals surface area contributed by atoms with Gasteiger partial charge in [-0.15, -0.1) is 22.7 Å². The van der Waals surface area contributed by atoms with E-state index >= 15 is 0 Å². The molecule has 0 bridgehead atoms. The highest BCUT2D eigenvalue weighted by atomic mass is 32.1. The van der Waals surface area contributed by atoms with Crippen molar-refractivity contribution >= 4 is 34.6 Å². The Bertz CT molecular complexity index is 620. The van der Waals surface area contributed by atoms with E-state index in [0.717, 1.165) is 9.88 Å². The van der Waals surface area contributed by atoms with Gasteiger partial charge in [-0.2, -0.15) is 0 Å². The molecule has 0 atom stereocenters. The van der Waals surface area contributed by atoms with Gasteiger partial charge in [0.05, 0.1) is 10.6 Å². The van der Waals surface area contributed by atoms with Gasteiger partial charge in [0.1, 0.15) is 16.4 Å². The second-order valence-electron chi connectivity index (χ2n) is 4.12. The van der Waals surface area contributed by atoms with Crippen LogP contribution >= 0.6 is 22.7 Å². The van der Waals surface area contributed by atoms with E-state index in [4.69, 9.17) is 5.11 Å². The molecule has 2 aromatic rings. The molecule has 0 aliphatic rings. The number of thiazole rings is 1. The fourth-order valence-electron chi connectivity index (χ4n) is 1.73. The standard InChI is InChI=1S/C13H14N2O3S2/c1-3-15(7-10(16)17)13(18)11-8(2)14-12(20-11)9-5-4-6-19-9/h4-6H,3,7H2,1-2H3,(H,16,17). The molecule has 0 aromatic carbocycles. The van der Waals surface area contributed by atoms with Gasteiger partial charge in [-0.3, -0.25) is 9.59 Å². The van der Waals surface area contributed by atoms with Gasteiger partial charge in [-0.1, -0.05) is 6.07 Å². The highest BCUT2D eigenvalue weighted by molar-refractivity contribution is 7.22. The number of amides is 1. The molecular weight excluding hydrogens is 296 g/mol. The van der Waals surface area contributed by atoms with E-state index in [-0.39, 0.29) is 12.5 Å². The van der Waals surface area contributed by atoms with E-state index in [0.29, 0.717) is 17.1 Å². The highest BCUT2D eigenvalue weighted by Gasteiger charge is 2.22. The van der Waals surface area contributed by atoms with Crippen LogP contribution in [0.25, 0.3) is 9.88 Å². The maximum atomic E-state index is 12.4. The van der Waals surface area contributed by atoms with Crippen molar-refractivity contribution in [2.24, 2.45) is 0 Å². The molecule has 0 fully saturated rings. The molecule has 0 unspecified atom stereocenters. The minimum Gasteiger partial charge on any atom is -0.480 e. The molecule has 5 nitrogen and oxygen atoms in total. The second kappa shape index (κ2) is 6.15. The molecular formula is C13H14N2O3S2. The van der Waals surface area contributed by atoms with Crippen LogP contribution in [0.3, 0.4) is 0 Å². The lowest BCUT2D eigenvalue weighted by Gasteiger charge is -2.17. The molecule has 0 aliphatic heterocycles. The number of carbonyl (C=O) groups is 2. The smallest absolute Gasteiger partial charge is 0.323 e. The first kappa shape index (κ1) is 14.7. The van der Waals surface area contributed by atoms with Gasteiger partial charge < -0.3 is 10.0 Å². The van der Waals surface area contributed by atoms with Gasteiger partial charge in [0.15, 0.2) is 0 Å². The second-order valence-corrected chi connectivity index (χ2v) is 6.07. The lowest BCUT2D eigenvalue weighted by atomic mass is 10.3. The number of aromatic nitrogens is 1. The van der Waals surface area contributed by atoms with E-state index in [9.17, 15) is 9.59 Å². The fourth-order valence-corrected chi connectivity index (χ4v) is 3.57. The molecule has 0 spiro atoms. The minimum atomic E-state index is -1.01. The molecule has 106 valence electrons. The molecule has 0 saturated carbocycles. The first-order valence-electron chi connectivity index (χ1n) is 6.05. The Balaban J connectivity index is 2.28. The monoisotopic (exact) mass is 310 g/mol. The van der Waals surface area contributed by atoms with E-state index in [2.05, 4.69) is 4.98 Å². The van der Waals surface area contributed by atoms with E-state index in [1.807, 2.05) is 17.5 Å². The molecule has 1 amide bonds. The Morgan fingerprint density at radius 2 is 2.20 bits per heavy atom. The van der Waals surface area contributed by atoms with Crippen LogP contribution in [0, 0.1) is 6.92 Å². The molecule has 2 rings (SSSR count). The zero-order chi connectivity index (χ0) is 14.7. The maximum Gasteiger partial charge on any atom is 0.323 e. The summed E-state index contributed by atoms with van der Waals surface area (Å²) in [6, 6.07) is 3.88.